The Hall–Kier alpha value is -1.55. The number of hydrogen-bond acceptors (Lipinski definition) is 3. The molecule has 0 saturated heterocycles. The molecule has 94 valence electrons. The summed E-state index contributed by atoms with van der Waals surface area (Å²) < 4.78 is 10.3. The lowest BCUT2D eigenvalue weighted by Crippen LogP contribution is -2.37. The van der Waals surface area contributed by atoms with Gasteiger partial charge >= 0.3 is 5.97 Å². The van der Waals surface area contributed by atoms with E-state index in [1.165, 1.54) is 7.11 Å². The fourth-order valence-electron chi connectivity index (χ4n) is 1.58. The maximum Gasteiger partial charge on any atom is 0.335 e. The van der Waals surface area contributed by atoms with Gasteiger partial charge in [0.25, 0.3) is 0 Å². The largest absolute Gasteiger partial charge is 0.496 e. The second-order valence-electron chi connectivity index (χ2n) is 4.05. The molecule has 4 heteroatoms. The van der Waals surface area contributed by atoms with Crippen LogP contribution in [0.1, 0.15) is 18.9 Å². The number of methoxy groups -OCH3 is 2. The molecule has 0 spiro atoms. The summed E-state index contributed by atoms with van der Waals surface area (Å²) in [4.78, 5) is 11.1. The fraction of sp³-hybridized carbons (Fsp3) is 0.462. The van der Waals surface area contributed by atoms with Crippen molar-refractivity contribution in [3.63, 3.8) is 0 Å². The highest BCUT2D eigenvalue weighted by molar-refractivity contribution is 5.76. The molecule has 0 aliphatic rings. The Morgan fingerprint density at radius 1 is 1.35 bits per heavy atom. The molecule has 0 heterocycles. The Bertz CT molecular complexity index is 389. The first-order valence-corrected chi connectivity index (χ1v) is 5.44. The minimum atomic E-state index is -1.15. The summed E-state index contributed by atoms with van der Waals surface area (Å²) in [6.45, 7) is 1.57. The summed E-state index contributed by atoms with van der Waals surface area (Å²) in [7, 11) is 3.02. The van der Waals surface area contributed by atoms with Crippen LogP contribution in [0.5, 0.6) is 5.75 Å². The number of aliphatic carboxylic acids is 1. The van der Waals surface area contributed by atoms with Crippen LogP contribution in [-0.4, -0.2) is 30.9 Å². The van der Waals surface area contributed by atoms with Crippen LogP contribution in [-0.2, 0) is 16.0 Å². The van der Waals surface area contributed by atoms with Gasteiger partial charge in [0.2, 0.25) is 0 Å². The van der Waals surface area contributed by atoms with Crippen LogP contribution in [0.2, 0.25) is 0 Å². The third kappa shape index (κ3) is 3.20. The van der Waals surface area contributed by atoms with E-state index in [4.69, 9.17) is 14.6 Å². The fourth-order valence-corrected chi connectivity index (χ4v) is 1.58. The smallest absolute Gasteiger partial charge is 0.335 e. The van der Waals surface area contributed by atoms with Crippen molar-refractivity contribution in [3.05, 3.63) is 29.8 Å². The Labute approximate surface area is 101 Å². The van der Waals surface area contributed by atoms with Crippen LogP contribution >= 0.6 is 0 Å². The summed E-state index contributed by atoms with van der Waals surface area (Å²) in [6.07, 6.45) is 1.000. The summed E-state index contributed by atoms with van der Waals surface area (Å²) in [5.41, 5.74) is -0.166. The Balaban J connectivity index is 2.76. The van der Waals surface area contributed by atoms with Crippen molar-refractivity contribution in [2.45, 2.75) is 25.4 Å². The van der Waals surface area contributed by atoms with Gasteiger partial charge in [0.15, 0.2) is 5.60 Å². The third-order valence-corrected chi connectivity index (χ3v) is 2.97. The average molecular weight is 238 g/mol. The lowest BCUT2D eigenvalue weighted by Gasteiger charge is -2.23. The van der Waals surface area contributed by atoms with Gasteiger partial charge in [-0.15, -0.1) is 0 Å². The molecular weight excluding hydrogens is 220 g/mol. The van der Waals surface area contributed by atoms with E-state index in [2.05, 4.69) is 0 Å². The number of carbonyl (C=O) groups is 1. The summed E-state index contributed by atoms with van der Waals surface area (Å²) >= 11 is 0. The summed E-state index contributed by atoms with van der Waals surface area (Å²) in [6, 6.07) is 7.58. The molecule has 4 nitrogen and oxygen atoms in total. The first-order valence-electron chi connectivity index (χ1n) is 5.44. The van der Waals surface area contributed by atoms with Gasteiger partial charge in [-0.1, -0.05) is 18.2 Å². The van der Waals surface area contributed by atoms with Crippen molar-refractivity contribution >= 4 is 5.97 Å². The molecule has 0 aliphatic heterocycles. The van der Waals surface area contributed by atoms with Gasteiger partial charge in [0, 0.05) is 7.11 Å². The quantitative estimate of drug-likeness (QED) is 0.824. The van der Waals surface area contributed by atoms with Gasteiger partial charge in [-0.05, 0) is 31.4 Å². The SMILES string of the molecule is COc1ccccc1CCC(C)(OC)C(=O)O. The molecule has 1 rings (SSSR count). The van der Waals surface area contributed by atoms with Gasteiger partial charge < -0.3 is 14.6 Å². The van der Waals surface area contributed by atoms with E-state index in [1.807, 2.05) is 24.3 Å². The zero-order valence-corrected chi connectivity index (χ0v) is 10.4. The standard InChI is InChI=1S/C13H18O4/c1-13(17-3,12(14)15)9-8-10-6-4-5-7-11(10)16-2/h4-7H,8-9H2,1-3H3,(H,14,15). The highest BCUT2D eigenvalue weighted by Gasteiger charge is 2.32. The molecular formula is C13H18O4. The van der Waals surface area contributed by atoms with Crippen molar-refractivity contribution in [1.82, 2.24) is 0 Å². The molecule has 0 radical (unpaired) electrons. The summed E-state index contributed by atoms with van der Waals surface area (Å²) in [5.74, 6) is -0.175. The van der Waals surface area contributed by atoms with E-state index in [9.17, 15) is 4.79 Å². The van der Waals surface area contributed by atoms with E-state index >= 15 is 0 Å². The number of rotatable bonds is 6. The van der Waals surface area contributed by atoms with Crippen LogP contribution in [0, 0.1) is 0 Å². The first-order chi connectivity index (χ1) is 8.03. The number of carboxylic acids is 1. The number of aryl methyl sites for hydroxylation is 1. The molecule has 0 amide bonds. The number of ether oxygens (including phenoxy) is 2. The molecule has 0 saturated carbocycles. The second kappa shape index (κ2) is 5.68. The van der Waals surface area contributed by atoms with Crippen LogP contribution in [0.4, 0.5) is 0 Å². The van der Waals surface area contributed by atoms with Gasteiger partial charge in [0.05, 0.1) is 7.11 Å². The number of hydrogen-bond donors (Lipinski definition) is 1. The van der Waals surface area contributed by atoms with Crippen LogP contribution in [0.15, 0.2) is 24.3 Å². The maximum atomic E-state index is 11.1. The lowest BCUT2D eigenvalue weighted by molar-refractivity contribution is -0.160. The highest BCUT2D eigenvalue weighted by Crippen LogP contribution is 2.23. The van der Waals surface area contributed by atoms with Gasteiger partial charge in [-0.3, -0.25) is 0 Å². The molecule has 0 aromatic heterocycles. The molecule has 1 unspecified atom stereocenters. The van der Waals surface area contributed by atoms with Crippen LogP contribution < -0.4 is 4.74 Å². The molecule has 1 aromatic rings. The molecule has 1 N–H and O–H groups in total. The van der Waals surface area contributed by atoms with E-state index in [0.717, 1.165) is 11.3 Å². The van der Waals surface area contributed by atoms with Gasteiger partial charge in [0.1, 0.15) is 5.75 Å². The Morgan fingerprint density at radius 2 is 2.00 bits per heavy atom. The van der Waals surface area contributed by atoms with Crippen LogP contribution in [0.3, 0.4) is 0 Å². The zero-order valence-electron chi connectivity index (χ0n) is 10.4. The molecule has 1 aromatic carbocycles. The normalized spacial score (nSPS) is 14.1. The molecule has 17 heavy (non-hydrogen) atoms. The predicted molar refractivity (Wildman–Crippen MR) is 64.4 cm³/mol. The molecule has 0 fully saturated rings. The van der Waals surface area contributed by atoms with E-state index in [1.54, 1.807) is 14.0 Å². The van der Waals surface area contributed by atoms with E-state index in [-0.39, 0.29) is 0 Å². The molecule has 0 aliphatic carbocycles. The minimum absolute atomic E-state index is 0.402. The molecule has 1 atom stereocenters. The zero-order chi connectivity index (χ0) is 12.9. The second-order valence-corrected chi connectivity index (χ2v) is 4.05. The number of para-hydroxylation sites is 1. The van der Waals surface area contributed by atoms with Gasteiger partial charge in [-0.2, -0.15) is 0 Å². The topological polar surface area (TPSA) is 55.8 Å². The third-order valence-electron chi connectivity index (χ3n) is 2.97. The van der Waals surface area contributed by atoms with Crippen molar-refractivity contribution in [2.75, 3.05) is 14.2 Å². The average Bonchev–Trinajstić information content (AvgIpc) is 2.36. The van der Waals surface area contributed by atoms with Crippen molar-refractivity contribution in [1.29, 1.82) is 0 Å². The van der Waals surface area contributed by atoms with Crippen LogP contribution in [0.25, 0.3) is 0 Å². The lowest BCUT2D eigenvalue weighted by atomic mass is 9.96. The Kier molecular flexibility index (Phi) is 4.52. The van der Waals surface area contributed by atoms with E-state index < -0.39 is 11.6 Å². The van der Waals surface area contributed by atoms with Crippen molar-refractivity contribution in [2.24, 2.45) is 0 Å². The van der Waals surface area contributed by atoms with Gasteiger partial charge in [-0.25, -0.2) is 4.79 Å². The van der Waals surface area contributed by atoms with Crippen molar-refractivity contribution < 1.29 is 19.4 Å². The number of carboxylic acid groups (broad SMARTS) is 1. The number of benzene rings is 1. The summed E-state index contributed by atoms with van der Waals surface area (Å²) in [5, 5.41) is 9.08. The maximum absolute atomic E-state index is 11.1. The highest BCUT2D eigenvalue weighted by atomic mass is 16.5. The predicted octanol–water partition coefficient (Wildman–Crippen LogP) is 2.12. The minimum Gasteiger partial charge on any atom is -0.496 e. The van der Waals surface area contributed by atoms with E-state index in [0.29, 0.717) is 12.8 Å². The monoisotopic (exact) mass is 238 g/mol. The first kappa shape index (κ1) is 13.5. The van der Waals surface area contributed by atoms with Crippen molar-refractivity contribution in [3.8, 4) is 5.75 Å². The molecule has 0 bridgehead atoms. The Morgan fingerprint density at radius 3 is 2.53 bits per heavy atom.